The van der Waals surface area contributed by atoms with Crippen molar-refractivity contribution in [1.82, 2.24) is 5.32 Å². The molecule has 8 nitrogen and oxygen atoms in total. The average Bonchev–Trinajstić information content (AvgIpc) is 3.32. The molecule has 0 aliphatic heterocycles. The van der Waals surface area contributed by atoms with E-state index >= 15 is 0 Å². The van der Waals surface area contributed by atoms with Gasteiger partial charge in [0, 0.05) is 6.42 Å². The van der Waals surface area contributed by atoms with Gasteiger partial charge in [-0.3, -0.25) is 13.8 Å². The zero-order valence-electron chi connectivity index (χ0n) is 45.2. The van der Waals surface area contributed by atoms with E-state index in [1.165, 1.54) is 77.0 Å². The molecule has 0 bridgehead atoms. The second-order valence-corrected chi connectivity index (χ2v) is 20.7. The number of allylic oxidation sites excluding steroid dienone is 21. The summed E-state index contributed by atoms with van der Waals surface area (Å²) in [5.41, 5.74) is 0. The van der Waals surface area contributed by atoms with Crippen LogP contribution in [0.25, 0.3) is 0 Å². The average molecular weight is 992 g/mol. The normalized spacial score (nSPS) is 15.0. The van der Waals surface area contributed by atoms with Crippen LogP contribution in [0.5, 0.6) is 0 Å². The Bertz CT molecular complexity index is 1590. The minimum atomic E-state index is -4.35. The number of hydrogen-bond donors (Lipinski definition) is 3. The molecule has 3 N–H and O–H groups in total. The Morgan fingerprint density at radius 1 is 0.514 bits per heavy atom. The van der Waals surface area contributed by atoms with E-state index in [2.05, 4.69) is 128 Å². The fraction of sp³-hybridized carbons (Fsp3) is 0.623. The Morgan fingerprint density at radius 2 is 0.886 bits per heavy atom. The number of quaternary nitrogens is 1. The van der Waals surface area contributed by atoms with Crippen LogP contribution in [0.1, 0.15) is 194 Å². The Kier molecular flexibility index (Phi) is 48.1. The van der Waals surface area contributed by atoms with E-state index in [1.54, 1.807) is 6.08 Å². The maximum Gasteiger partial charge on any atom is 0.472 e. The lowest BCUT2D eigenvalue weighted by atomic mass is 10.0. The summed E-state index contributed by atoms with van der Waals surface area (Å²) in [5, 5.41) is 13.8. The predicted octanol–water partition coefficient (Wildman–Crippen LogP) is 16.8. The van der Waals surface area contributed by atoms with Gasteiger partial charge in [-0.2, -0.15) is 0 Å². The van der Waals surface area contributed by atoms with Gasteiger partial charge in [-0.05, 0) is 103 Å². The third-order valence-corrected chi connectivity index (χ3v) is 12.4. The minimum Gasteiger partial charge on any atom is -0.387 e. The van der Waals surface area contributed by atoms with Crippen molar-refractivity contribution in [3.8, 4) is 0 Å². The first kappa shape index (κ1) is 66.6. The summed E-state index contributed by atoms with van der Waals surface area (Å²) in [5.74, 6) is -0.201. The van der Waals surface area contributed by atoms with Crippen molar-refractivity contribution >= 4 is 13.7 Å². The van der Waals surface area contributed by atoms with Crippen molar-refractivity contribution in [3.63, 3.8) is 0 Å². The molecule has 0 saturated carbocycles. The fourth-order valence-corrected chi connectivity index (χ4v) is 7.89. The zero-order chi connectivity index (χ0) is 51.3. The van der Waals surface area contributed by atoms with E-state index in [9.17, 15) is 19.4 Å². The molecule has 0 aliphatic rings. The fourth-order valence-electron chi connectivity index (χ4n) is 7.15. The molecule has 0 aliphatic carbocycles. The van der Waals surface area contributed by atoms with E-state index < -0.39 is 20.0 Å². The number of rotatable bonds is 48. The van der Waals surface area contributed by atoms with Crippen LogP contribution < -0.4 is 5.32 Å². The number of likely N-dealkylation sites (N-methyl/N-ethyl adjacent to an activating group) is 1. The Labute approximate surface area is 430 Å². The summed E-state index contributed by atoms with van der Waals surface area (Å²) >= 11 is 0. The molecule has 9 heteroatoms. The summed E-state index contributed by atoms with van der Waals surface area (Å²) in [6.07, 6.45) is 77.4. The number of phosphoric ester groups is 1. The van der Waals surface area contributed by atoms with Gasteiger partial charge in [0.05, 0.1) is 39.9 Å². The lowest BCUT2D eigenvalue weighted by Gasteiger charge is -2.25. The lowest BCUT2D eigenvalue weighted by Crippen LogP contribution is -2.45. The topological polar surface area (TPSA) is 105 Å². The summed E-state index contributed by atoms with van der Waals surface area (Å²) in [6, 6.07) is -0.875. The molecule has 0 spiro atoms. The molecule has 70 heavy (non-hydrogen) atoms. The van der Waals surface area contributed by atoms with Crippen LogP contribution in [0.3, 0.4) is 0 Å². The quantitative estimate of drug-likeness (QED) is 0.0243. The first-order valence-corrected chi connectivity index (χ1v) is 29.0. The number of carbonyl (C=O) groups excluding carboxylic acids is 1. The number of carbonyl (C=O) groups is 1. The number of amides is 1. The van der Waals surface area contributed by atoms with Crippen molar-refractivity contribution in [3.05, 3.63) is 134 Å². The highest BCUT2D eigenvalue weighted by Crippen LogP contribution is 2.43. The molecule has 0 fully saturated rings. The SMILES string of the molecule is C/C=C/CC/C=C/CC/C=C/C(O)C(COP(=O)(O)OCC[N+](C)(C)C)NC(=O)CCCCCCCCCCCCCCCC/C=C\C/C=C\C/C=C\C/C=C\C/C=C\C/C=C\C/C=C\C/C=C\CC. The van der Waals surface area contributed by atoms with Gasteiger partial charge in [-0.15, -0.1) is 0 Å². The summed E-state index contributed by atoms with van der Waals surface area (Å²) in [6.45, 7) is 4.41. The Morgan fingerprint density at radius 3 is 1.31 bits per heavy atom. The third-order valence-electron chi connectivity index (χ3n) is 11.4. The summed E-state index contributed by atoms with van der Waals surface area (Å²) < 4.78 is 23.5. The highest BCUT2D eigenvalue weighted by molar-refractivity contribution is 7.47. The van der Waals surface area contributed by atoms with Gasteiger partial charge in [-0.1, -0.05) is 218 Å². The van der Waals surface area contributed by atoms with Crippen molar-refractivity contribution < 1.29 is 32.9 Å². The largest absolute Gasteiger partial charge is 0.472 e. The maximum atomic E-state index is 12.9. The van der Waals surface area contributed by atoms with Gasteiger partial charge >= 0.3 is 7.82 Å². The molecule has 0 aromatic heterocycles. The number of aliphatic hydroxyl groups is 1. The van der Waals surface area contributed by atoms with E-state index in [4.69, 9.17) is 9.05 Å². The van der Waals surface area contributed by atoms with Crippen LogP contribution in [0.2, 0.25) is 0 Å². The van der Waals surface area contributed by atoms with E-state index in [1.807, 2.05) is 40.2 Å². The molecule has 0 rings (SSSR count). The van der Waals surface area contributed by atoms with Crippen molar-refractivity contribution in [2.75, 3.05) is 40.9 Å². The van der Waals surface area contributed by atoms with Crippen molar-refractivity contribution in [1.29, 1.82) is 0 Å². The Hall–Kier alpha value is -3.36. The van der Waals surface area contributed by atoms with Crippen LogP contribution in [0, 0.1) is 0 Å². The van der Waals surface area contributed by atoms with Crippen LogP contribution in [0.15, 0.2) is 134 Å². The van der Waals surface area contributed by atoms with Crippen LogP contribution in [-0.2, 0) is 18.4 Å². The van der Waals surface area contributed by atoms with Gasteiger partial charge in [0.15, 0.2) is 0 Å². The monoisotopic (exact) mass is 992 g/mol. The lowest BCUT2D eigenvalue weighted by molar-refractivity contribution is -0.870. The number of phosphoric acid groups is 1. The molecule has 0 aromatic rings. The van der Waals surface area contributed by atoms with E-state index in [-0.39, 0.29) is 19.1 Å². The summed E-state index contributed by atoms with van der Waals surface area (Å²) in [7, 11) is 1.53. The Balaban J connectivity index is 3.98. The highest BCUT2D eigenvalue weighted by Gasteiger charge is 2.27. The summed E-state index contributed by atoms with van der Waals surface area (Å²) in [4.78, 5) is 23.1. The molecule has 398 valence electrons. The van der Waals surface area contributed by atoms with E-state index in [0.717, 1.165) is 96.3 Å². The maximum absolute atomic E-state index is 12.9. The highest BCUT2D eigenvalue weighted by atomic mass is 31.2. The number of unbranched alkanes of at least 4 members (excludes halogenated alkanes) is 16. The van der Waals surface area contributed by atoms with Crippen LogP contribution >= 0.6 is 7.82 Å². The van der Waals surface area contributed by atoms with Gasteiger partial charge < -0.3 is 19.8 Å². The van der Waals surface area contributed by atoms with Crippen LogP contribution in [-0.4, -0.2) is 73.4 Å². The van der Waals surface area contributed by atoms with Gasteiger partial charge in [0.2, 0.25) is 5.91 Å². The minimum absolute atomic E-state index is 0.0474. The number of hydrogen-bond acceptors (Lipinski definition) is 5. The van der Waals surface area contributed by atoms with Crippen molar-refractivity contribution in [2.45, 2.75) is 206 Å². The molecular weight excluding hydrogens is 888 g/mol. The molecule has 0 heterocycles. The molecule has 0 aromatic carbocycles. The first-order valence-electron chi connectivity index (χ1n) is 27.5. The number of nitrogens with one attached hydrogen (secondary N) is 1. The molecule has 0 saturated heterocycles. The molecule has 1 amide bonds. The molecule has 3 atom stereocenters. The first-order chi connectivity index (χ1) is 34.0. The third kappa shape index (κ3) is 52.5. The molecule has 0 radical (unpaired) electrons. The second-order valence-electron chi connectivity index (χ2n) is 19.2. The van der Waals surface area contributed by atoms with Crippen molar-refractivity contribution in [2.24, 2.45) is 0 Å². The number of nitrogens with zero attached hydrogens (tertiary/aromatic N) is 1. The second kappa shape index (κ2) is 50.6. The molecule has 3 unspecified atom stereocenters. The zero-order valence-corrected chi connectivity index (χ0v) is 46.1. The predicted molar refractivity (Wildman–Crippen MR) is 304 cm³/mol. The standard InChI is InChI=1S/C61H103N2O6P/c1-6-8-10-12-14-16-17-18-19-20-21-22-23-24-25-26-27-28-29-30-31-32-33-34-35-36-37-38-39-40-41-42-43-44-45-47-49-51-53-55-61(65)62-59(58-69-70(66,67)68-57-56-63(3,4)5)60(64)54-52-50-48-46-15-13-11-9-7-2/h7-10,14-16,18-19,21-22,24-25,27-28,30-31,33-34,46,52,54,59-60,64H,6,11-13,17,20,23,26,29,32,35-45,47-51,53,55-58H2,1-5H3,(H-,62,65,66,67)/p+1/b9-7+,10-8-,16-14-,19-18-,22-21-,25-24-,28-27-,31-30-,34-33-,46-15+,54-52+. The van der Waals surface area contributed by atoms with Crippen LogP contribution in [0.4, 0.5) is 0 Å². The molecular formula is C61H104N2O6P+. The van der Waals surface area contributed by atoms with Gasteiger partial charge in [-0.25, -0.2) is 4.57 Å². The number of aliphatic hydroxyl groups excluding tert-OH is 1. The van der Waals surface area contributed by atoms with Gasteiger partial charge in [0.25, 0.3) is 0 Å². The smallest absolute Gasteiger partial charge is 0.387 e. The van der Waals surface area contributed by atoms with Gasteiger partial charge in [0.1, 0.15) is 13.2 Å². The van der Waals surface area contributed by atoms with E-state index in [0.29, 0.717) is 17.4 Å².